The molecule has 0 amide bonds. The molecule has 1 N–H and O–H groups in total. The second-order valence-electron chi connectivity index (χ2n) is 9.93. The van der Waals surface area contributed by atoms with Gasteiger partial charge in [-0.05, 0) is 60.7 Å². The fourth-order valence-electron chi connectivity index (χ4n) is 4.59. The summed E-state index contributed by atoms with van der Waals surface area (Å²) in [6.07, 6.45) is 5.58. The molecule has 0 radical (unpaired) electrons. The van der Waals surface area contributed by atoms with Crippen LogP contribution in [-0.4, -0.2) is 36.0 Å². The Morgan fingerprint density at radius 1 is 0.800 bits per heavy atom. The summed E-state index contributed by atoms with van der Waals surface area (Å²) in [5, 5.41) is 21.2. The molecule has 0 bridgehead atoms. The van der Waals surface area contributed by atoms with Crippen molar-refractivity contribution in [2.75, 3.05) is 5.43 Å². The van der Waals surface area contributed by atoms with Crippen LogP contribution < -0.4 is 10.2 Å². The minimum Gasteiger partial charge on any atom is -0.487 e. The standard InChI is InChI=1S/C34H25ClN8OS/c35-27-15-11-24(12-16-27)32-23-45-34(37-32)39-36-19-26-20-42(29-7-3-1-4-8-29)40-33(26)25-13-17-31(18-14-25)44-22-28-21-43(41-38-28)30-9-5-2-6-10-30/h1-21,23H,22H2,(H,37,39). The van der Waals surface area contributed by atoms with Crippen molar-refractivity contribution in [2.45, 2.75) is 6.61 Å². The predicted octanol–water partition coefficient (Wildman–Crippen LogP) is 7.92. The number of halogens is 1. The molecule has 220 valence electrons. The summed E-state index contributed by atoms with van der Waals surface area (Å²) in [5.41, 5.74) is 10.1. The van der Waals surface area contributed by atoms with Gasteiger partial charge in [0, 0.05) is 33.3 Å². The summed E-state index contributed by atoms with van der Waals surface area (Å²) in [6, 6.07) is 35.2. The second kappa shape index (κ2) is 13.0. The first-order valence-corrected chi connectivity index (χ1v) is 15.3. The molecule has 0 aliphatic heterocycles. The Balaban J connectivity index is 1.07. The topological polar surface area (TPSA) is 95.0 Å². The lowest BCUT2D eigenvalue weighted by Gasteiger charge is -2.05. The van der Waals surface area contributed by atoms with Gasteiger partial charge in [0.2, 0.25) is 5.13 Å². The van der Waals surface area contributed by atoms with E-state index in [-0.39, 0.29) is 0 Å². The second-order valence-corrected chi connectivity index (χ2v) is 11.2. The zero-order valence-electron chi connectivity index (χ0n) is 23.7. The molecular weight excluding hydrogens is 604 g/mol. The Morgan fingerprint density at radius 2 is 1.49 bits per heavy atom. The van der Waals surface area contributed by atoms with Gasteiger partial charge in [0.1, 0.15) is 23.7 Å². The molecule has 3 heterocycles. The number of hydrogen-bond donors (Lipinski definition) is 1. The quantitative estimate of drug-likeness (QED) is 0.122. The van der Waals surface area contributed by atoms with E-state index in [1.54, 1.807) is 10.9 Å². The number of aromatic nitrogens is 6. The maximum absolute atomic E-state index is 6.02. The van der Waals surface area contributed by atoms with Gasteiger partial charge in [0.25, 0.3) is 0 Å². The molecule has 3 aromatic heterocycles. The number of benzene rings is 4. The molecule has 0 aliphatic rings. The van der Waals surface area contributed by atoms with E-state index in [9.17, 15) is 0 Å². The third-order valence-corrected chi connectivity index (χ3v) is 7.85. The van der Waals surface area contributed by atoms with E-state index in [0.717, 1.165) is 45.1 Å². The van der Waals surface area contributed by atoms with Gasteiger partial charge in [0.15, 0.2) is 0 Å². The fourth-order valence-corrected chi connectivity index (χ4v) is 5.39. The van der Waals surface area contributed by atoms with Crippen molar-refractivity contribution in [3.63, 3.8) is 0 Å². The van der Waals surface area contributed by atoms with E-state index < -0.39 is 0 Å². The van der Waals surface area contributed by atoms with Crippen molar-refractivity contribution in [2.24, 2.45) is 5.10 Å². The maximum Gasteiger partial charge on any atom is 0.203 e. The first-order valence-electron chi connectivity index (χ1n) is 14.0. The van der Waals surface area contributed by atoms with E-state index in [0.29, 0.717) is 22.5 Å². The SMILES string of the molecule is Clc1ccc(-c2csc(NN=Cc3cn(-c4ccccc4)nc3-c3ccc(OCc4cn(-c5ccccc5)nn4)cc3)n2)cc1. The first kappa shape index (κ1) is 28.2. The van der Waals surface area contributed by atoms with E-state index in [1.165, 1.54) is 11.3 Å². The molecule has 45 heavy (non-hydrogen) atoms. The lowest BCUT2D eigenvalue weighted by Crippen LogP contribution is -1.96. The third-order valence-electron chi connectivity index (χ3n) is 6.85. The molecule has 0 fully saturated rings. The van der Waals surface area contributed by atoms with Crippen molar-refractivity contribution in [3.05, 3.63) is 143 Å². The number of rotatable bonds is 10. The average molecular weight is 629 g/mol. The van der Waals surface area contributed by atoms with Gasteiger partial charge in [-0.3, -0.25) is 5.43 Å². The zero-order valence-corrected chi connectivity index (χ0v) is 25.3. The molecule has 9 nitrogen and oxygen atoms in total. The smallest absolute Gasteiger partial charge is 0.203 e. The minimum atomic E-state index is 0.300. The summed E-state index contributed by atoms with van der Waals surface area (Å²) in [5.74, 6) is 0.715. The lowest BCUT2D eigenvalue weighted by molar-refractivity contribution is 0.301. The third kappa shape index (κ3) is 6.67. The average Bonchev–Trinajstić information content (AvgIpc) is 3.86. The summed E-state index contributed by atoms with van der Waals surface area (Å²) < 4.78 is 9.58. The summed E-state index contributed by atoms with van der Waals surface area (Å²) in [4.78, 5) is 4.65. The highest BCUT2D eigenvalue weighted by Crippen LogP contribution is 2.27. The van der Waals surface area contributed by atoms with E-state index in [2.05, 4.69) is 25.8 Å². The van der Waals surface area contributed by atoms with Crippen LogP contribution >= 0.6 is 22.9 Å². The van der Waals surface area contributed by atoms with Crippen molar-refractivity contribution in [1.29, 1.82) is 0 Å². The number of hydrogen-bond acceptors (Lipinski definition) is 8. The molecule has 4 aromatic carbocycles. The Bertz CT molecular complexity index is 2040. The van der Waals surface area contributed by atoms with Gasteiger partial charge in [-0.1, -0.05) is 65.3 Å². The van der Waals surface area contributed by atoms with E-state index >= 15 is 0 Å². The molecule has 0 spiro atoms. The van der Waals surface area contributed by atoms with Crippen LogP contribution in [0.4, 0.5) is 5.13 Å². The minimum absolute atomic E-state index is 0.300. The number of thiazole rings is 1. The van der Waals surface area contributed by atoms with Crippen LogP contribution in [0, 0.1) is 0 Å². The fraction of sp³-hybridized carbons (Fsp3) is 0.0294. The molecule has 0 saturated carbocycles. The van der Waals surface area contributed by atoms with Crippen molar-refractivity contribution < 1.29 is 4.74 Å². The Labute approximate surface area is 268 Å². The van der Waals surface area contributed by atoms with Gasteiger partial charge in [-0.2, -0.15) is 10.2 Å². The molecule has 7 rings (SSSR count). The molecule has 0 aliphatic carbocycles. The monoisotopic (exact) mass is 628 g/mol. The normalized spacial score (nSPS) is 11.2. The van der Waals surface area contributed by atoms with E-state index in [1.807, 2.05) is 132 Å². The molecule has 7 aromatic rings. The van der Waals surface area contributed by atoms with Gasteiger partial charge in [-0.25, -0.2) is 14.3 Å². The molecule has 11 heteroatoms. The number of hydrazone groups is 1. The highest BCUT2D eigenvalue weighted by atomic mass is 35.5. The highest BCUT2D eigenvalue weighted by molar-refractivity contribution is 7.14. The van der Waals surface area contributed by atoms with Gasteiger partial charge in [-0.15, -0.1) is 16.4 Å². The maximum atomic E-state index is 6.02. The Kier molecular flexibility index (Phi) is 8.13. The van der Waals surface area contributed by atoms with Crippen molar-refractivity contribution in [1.82, 2.24) is 29.8 Å². The first-order chi connectivity index (χ1) is 22.2. The largest absolute Gasteiger partial charge is 0.487 e. The number of anilines is 1. The van der Waals surface area contributed by atoms with Crippen molar-refractivity contribution >= 4 is 34.3 Å². The van der Waals surface area contributed by atoms with Crippen LogP contribution in [0.1, 0.15) is 11.3 Å². The van der Waals surface area contributed by atoms with Crippen LogP contribution in [0.3, 0.4) is 0 Å². The molecule has 0 unspecified atom stereocenters. The zero-order chi connectivity index (χ0) is 30.4. The van der Waals surface area contributed by atoms with Crippen LogP contribution in [0.15, 0.2) is 132 Å². The number of ether oxygens (including phenoxy) is 1. The van der Waals surface area contributed by atoms with Crippen LogP contribution in [0.25, 0.3) is 33.9 Å². The number of para-hydroxylation sites is 2. The van der Waals surface area contributed by atoms with E-state index in [4.69, 9.17) is 21.4 Å². The number of nitrogens with one attached hydrogen (secondary N) is 1. The van der Waals surface area contributed by atoms with Crippen molar-refractivity contribution in [3.8, 4) is 39.6 Å². The Morgan fingerprint density at radius 3 is 2.22 bits per heavy atom. The Hall–Kier alpha value is -5.58. The lowest BCUT2D eigenvalue weighted by atomic mass is 10.1. The molecule has 0 saturated heterocycles. The van der Waals surface area contributed by atoms with Gasteiger partial charge >= 0.3 is 0 Å². The van der Waals surface area contributed by atoms with Gasteiger partial charge in [0.05, 0.1) is 29.5 Å². The predicted molar refractivity (Wildman–Crippen MR) is 178 cm³/mol. The summed E-state index contributed by atoms with van der Waals surface area (Å²) in [7, 11) is 0. The van der Waals surface area contributed by atoms with Crippen LogP contribution in [0.2, 0.25) is 5.02 Å². The highest BCUT2D eigenvalue weighted by Gasteiger charge is 2.12. The van der Waals surface area contributed by atoms with Crippen LogP contribution in [-0.2, 0) is 6.61 Å². The number of nitrogens with zero attached hydrogens (tertiary/aromatic N) is 7. The van der Waals surface area contributed by atoms with Crippen LogP contribution in [0.5, 0.6) is 5.75 Å². The summed E-state index contributed by atoms with van der Waals surface area (Å²) >= 11 is 7.50. The summed E-state index contributed by atoms with van der Waals surface area (Å²) in [6.45, 7) is 0.300. The molecule has 0 atom stereocenters. The van der Waals surface area contributed by atoms with Gasteiger partial charge < -0.3 is 4.74 Å². The molecular formula is C34H25ClN8OS.